The van der Waals surface area contributed by atoms with Crippen molar-refractivity contribution < 1.29 is 29.9 Å². The van der Waals surface area contributed by atoms with E-state index in [-0.39, 0.29) is 25.2 Å². The first-order valence-electron chi connectivity index (χ1n) is 12.7. The Morgan fingerprint density at radius 1 is 0.975 bits per heavy atom. The van der Waals surface area contributed by atoms with Crippen LogP contribution in [0.4, 0.5) is 4.39 Å². The van der Waals surface area contributed by atoms with Gasteiger partial charge in [0.2, 0.25) is 5.88 Å². The zero-order valence-electron chi connectivity index (χ0n) is 22.6. The van der Waals surface area contributed by atoms with Gasteiger partial charge in [0.05, 0.1) is 12.3 Å². The number of pyridine rings is 2. The SMILES string of the molecule is Cc1cccc(S(=O)(=O)NC(=O)c2ccc(-c3cc(F)cc(OCC(C)C)c3)nc2OC(C)c2ccccc2)n1.[HH].[HH]. The third-order valence-corrected chi connectivity index (χ3v) is 7.01. The Kier molecular flexibility index (Phi) is 8.79. The first-order valence-corrected chi connectivity index (χ1v) is 14.2. The third-order valence-electron chi connectivity index (χ3n) is 5.78. The second-order valence-electron chi connectivity index (χ2n) is 9.65. The van der Waals surface area contributed by atoms with Gasteiger partial charge in [-0.1, -0.05) is 50.2 Å². The standard InChI is InChI=1S/C30H30FN3O5S.2H2/c1-19(2)18-38-25-16-23(15-24(31)17-25)27-14-13-26(30(33-27)39-21(4)22-10-6-5-7-11-22)29(35)34-40(36,37)28-12-8-9-20(3)32-28;;/h5-17,19,21H,18H2,1-4H3,(H,34,35);2*1H. The van der Waals surface area contributed by atoms with Crippen LogP contribution in [0.5, 0.6) is 11.6 Å². The van der Waals surface area contributed by atoms with Crippen molar-refractivity contribution in [3.63, 3.8) is 0 Å². The number of halogens is 1. The normalized spacial score (nSPS) is 12.2. The number of aromatic nitrogens is 2. The van der Waals surface area contributed by atoms with Crippen LogP contribution in [0.2, 0.25) is 0 Å². The summed E-state index contributed by atoms with van der Waals surface area (Å²) in [4.78, 5) is 21.8. The fourth-order valence-corrected chi connectivity index (χ4v) is 4.76. The number of nitrogens with zero attached hydrogens (tertiary/aromatic N) is 2. The minimum atomic E-state index is -4.27. The highest BCUT2D eigenvalue weighted by Crippen LogP contribution is 2.30. The minimum Gasteiger partial charge on any atom is -0.493 e. The van der Waals surface area contributed by atoms with Gasteiger partial charge in [-0.05, 0) is 61.7 Å². The van der Waals surface area contributed by atoms with Crippen LogP contribution in [0.3, 0.4) is 0 Å². The lowest BCUT2D eigenvalue weighted by Gasteiger charge is -2.18. The van der Waals surface area contributed by atoms with Crippen LogP contribution in [-0.2, 0) is 10.0 Å². The summed E-state index contributed by atoms with van der Waals surface area (Å²) in [6.45, 7) is 7.80. The molecule has 212 valence electrons. The number of carbonyl (C=O) groups excluding carboxylic acids is 1. The molecule has 0 radical (unpaired) electrons. The average molecular weight is 568 g/mol. The average Bonchev–Trinajstić information content (AvgIpc) is 2.91. The van der Waals surface area contributed by atoms with E-state index in [1.165, 1.54) is 36.4 Å². The van der Waals surface area contributed by atoms with Crippen LogP contribution in [0.1, 0.15) is 51.3 Å². The van der Waals surface area contributed by atoms with Crippen LogP contribution in [-0.4, -0.2) is 30.9 Å². The number of sulfonamides is 1. The molecule has 0 aliphatic rings. The summed E-state index contributed by atoms with van der Waals surface area (Å²) < 4.78 is 54.1. The smallest absolute Gasteiger partial charge is 0.281 e. The molecular weight excluding hydrogens is 533 g/mol. The quantitative estimate of drug-likeness (QED) is 0.237. The molecule has 2 aromatic carbocycles. The van der Waals surface area contributed by atoms with Gasteiger partial charge < -0.3 is 9.47 Å². The van der Waals surface area contributed by atoms with Crippen LogP contribution < -0.4 is 14.2 Å². The molecule has 1 atom stereocenters. The van der Waals surface area contributed by atoms with Crippen molar-refractivity contribution in [2.75, 3.05) is 6.61 Å². The van der Waals surface area contributed by atoms with E-state index in [9.17, 15) is 17.6 Å². The fourth-order valence-electron chi connectivity index (χ4n) is 3.78. The van der Waals surface area contributed by atoms with Gasteiger partial charge in [0.1, 0.15) is 23.2 Å². The topological polar surface area (TPSA) is 107 Å². The van der Waals surface area contributed by atoms with Crippen molar-refractivity contribution in [3.8, 4) is 22.9 Å². The number of hydrogen-bond donors (Lipinski definition) is 1. The van der Waals surface area contributed by atoms with E-state index in [0.29, 0.717) is 29.3 Å². The Bertz CT molecular complexity index is 1620. The molecular formula is C30H34FN3O5S. The van der Waals surface area contributed by atoms with E-state index < -0.39 is 27.9 Å². The van der Waals surface area contributed by atoms with E-state index in [0.717, 1.165) is 5.56 Å². The van der Waals surface area contributed by atoms with E-state index in [1.54, 1.807) is 26.0 Å². The lowest BCUT2D eigenvalue weighted by molar-refractivity contribution is 0.0973. The van der Waals surface area contributed by atoms with Gasteiger partial charge in [-0.2, -0.15) is 8.42 Å². The molecule has 0 saturated carbocycles. The molecule has 4 aromatic rings. The molecule has 4 rings (SSSR count). The van der Waals surface area contributed by atoms with E-state index in [2.05, 4.69) is 9.97 Å². The molecule has 0 aliphatic carbocycles. The highest BCUT2D eigenvalue weighted by Gasteiger charge is 2.25. The monoisotopic (exact) mass is 567 g/mol. The molecule has 10 heteroatoms. The Morgan fingerprint density at radius 3 is 2.42 bits per heavy atom. The van der Waals surface area contributed by atoms with Crippen molar-refractivity contribution in [1.82, 2.24) is 14.7 Å². The van der Waals surface area contributed by atoms with Crippen molar-refractivity contribution >= 4 is 15.9 Å². The second-order valence-corrected chi connectivity index (χ2v) is 11.3. The summed E-state index contributed by atoms with van der Waals surface area (Å²) >= 11 is 0. The number of nitrogens with one attached hydrogen (secondary N) is 1. The van der Waals surface area contributed by atoms with Gasteiger partial charge in [-0.15, -0.1) is 0 Å². The maximum atomic E-state index is 14.5. The summed E-state index contributed by atoms with van der Waals surface area (Å²) in [6, 6.07) is 20.8. The number of rotatable bonds is 10. The second kappa shape index (κ2) is 12.3. The largest absolute Gasteiger partial charge is 0.493 e. The molecule has 0 spiro atoms. The maximum absolute atomic E-state index is 14.5. The van der Waals surface area contributed by atoms with Gasteiger partial charge in [0.25, 0.3) is 15.9 Å². The number of ether oxygens (including phenoxy) is 2. The number of aryl methyl sites for hydroxylation is 1. The predicted molar refractivity (Wildman–Crippen MR) is 153 cm³/mol. The molecule has 8 nitrogen and oxygen atoms in total. The molecule has 0 aliphatic heterocycles. The molecule has 0 fully saturated rings. The van der Waals surface area contributed by atoms with Crippen molar-refractivity contribution in [1.29, 1.82) is 0 Å². The number of benzene rings is 2. The highest BCUT2D eigenvalue weighted by atomic mass is 32.2. The Morgan fingerprint density at radius 2 is 1.73 bits per heavy atom. The van der Waals surface area contributed by atoms with Gasteiger partial charge >= 0.3 is 0 Å². The molecule has 0 bridgehead atoms. The Hall–Kier alpha value is -4.31. The molecule has 1 unspecified atom stereocenters. The number of carbonyl (C=O) groups is 1. The van der Waals surface area contributed by atoms with Gasteiger partial charge in [0.15, 0.2) is 5.03 Å². The molecule has 40 heavy (non-hydrogen) atoms. The first-order chi connectivity index (χ1) is 19.0. The van der Waals surface area contributed by atoms with Gasteiger partial charge in [-0.25, -0.2) is 19.1 Å². The van der Waals surface area contributed by atoms with Crippen molar-refractivity contribution in [2.24, 2.45) is 5.92 Å². The summed E-state index contributed by atoms with van der Waals surface area (Å²) in [5, 5.41) is -0.292. The Labute approximate surface area is 236 Å². The van der Waals surface area contributed by atoms with Gasteiger partial charge in [0, 0.05) is 20.2 Å². The Balaban J connectivity index is 0.00000308. The number of hydrogen-bond acceptors (Lipinski definition) is 7. The maximum Gasteiger partial charge on any atom is 0.281 e. The lowest BCUT2D eigenvalue weighted by Crippen LogP contribution is -2.31. The van der Waals surface area contributed by atoms with Crippen molar-refractivity contribution in [3.05, 3.63) is 102 Å². The third kappa shape index (κ3) is 7.20. The van der Waals surface area contributed by atoms with E-state index in [1.807, 2.05) is 48.9 Å². The minimum absolute atomic E-state index is 0. The summed E-state index contributed by atoms with van der Waals surface area (Å²) in [5.74, 6) is -1.00. The molecule has 2 aromatic heterocycles. The van der Waals surface area contributed by atoms with Crippen LogP contribution in [0.15, 0.2) is 83.9 Å². The van der Waals surface area contributed by atoms with Crippen LogP contribution in [0, 0.1) is 18.7 Å². The zero-order valence-corrected chi connectivity index (χ0v) is 23.4. The number of amides is 1. The molecule has 1 N–H and O–H groups in total. The molecule has 1 amide bonds. The summed E-state index contributed by atoms with van der Waals surface area (Å²) in [7, 11) is -4.27. The van der Waals surface area contributed by atoms with E-state index in [4.69, 9.17) is 9.47 Å². The van der Waals surface area contributed by atoms with Crippen LogP contribution >= 0.6 is 0 Å². The first kappa shape index (κ1) is 28.7. The molecule has 0 saturated heterocycles. The summed E-state index contributed by atoms with van der Waals surface area (Å²) in [6.07, 6.45) is -0.539. The van der Waals surface area contributed by atoms with E-state index >= 15 is 0 Å². The summed E-state index contributed by atoms with van der Waals surface area (Å²) in [5.41, 5.74) is 1.89. The predicted octanol–water partition coefficient (Wildman–Crippen LogP) is 6.38. The lowest BCUT2D eigenvalue weighted by atomic mass is 10.1. The van der Waals surface area contributed by atoms with Crippen LogP contribution in [0.25, 0.3) is 11.3 Å². The fraction of sp³-hybridized carbons (Fsp3) is 0.233. The zero-order chi connectivity index (χ0) is 28.9. The van der Waals surface area contributed by atoms with Gasteiger partial charge in [-0.3, -0.25) is 4.79 Å². The van der Waals surface area contributed by atoms with Crippen molar-refractivity contribution in [2.45, 2.75) is 38.8 Å². The molecule has 2 heterocycles. The highest BCUT2D eigenvalue weighted by molar-refractivity contribution is 7.90.